The predicted molar refractivity (Wildman–Crippen MR) is 76.2 cm³/mol. The Morgan fingerprint density at radius 2 is 2.06 bits per heavy atom. The lowest BCUT2D eigenvalue weighted by molar-refractivity contribution is 0.0944. The summed E-state index contributed by atoms with van der Waals surface area (Å²) in [6.07, 6.45) is 0.988. The van der Waals surface area contributed by atoms with Crippen LogP contribution in [0.5, 0.6) is 0 Å². The van der Waals surface area contributed by atoms with E-state index in [0.29, 0.717) is 0 Å². The standard InChI is InChI=1S/C14H13NOS2/c1-2-10-8-11-12(16)15-13(18-14(11)17-10)9-6-4-3-5-7-9/h3-8,13H,2H2,1H3,(H,15,16)/t13-/m0/s1. The number of aryl methyl sites for hydroxylation is 1. The van der Waals surface area contributed by atoms with Gasteiger partial charge in [0.05, 0.1) is 9.77 Å². The molecule has 1 aliphatic heterocycles. The number of hydrogen-bond acceptors (Lipinski definition) is 3. The summed E-state index contributed by atoms with van der Waals surface area (Å²) in [7, 11) is 0. The van der Waals surface area contributed by atoms with E-state index in [2.05, 4.69) is 24.4 Å². The van der Waals surface area contributed by atoms with E-state index in [1.165, 1.54) is 4.88 Å². The van der Waals surface area contributed by atoms with E-state index in [9.17, 15) is 4.79 Å². The molecule has 1 N–H and O–H groups in total. The zero-order valence-corrected chi connectivity index (χ0v) is 11.6. The molecule has 4 heteroatoms. The number of hydrogen-bond donors (Lipinski definition) is 1. The van der Waals surface area contributed by atoms with E-state index in [1.54, 1.807) is 23.1 Å². The Bertz CT molecular complexity index is 577. The minimum atomic E-state index is 0.0366. The zero-order chi connectivity index (χ0) is 12.5. The number of thiophene rings is 1. The van der Waals surface area contributed by atoms with Crippen LogP contribution in [-0.2, 0) is 6.42 Å². The van der Waals surface area contributed by atoms with Crippen LogP contribution in [0.2, 0.25) is 0 Å². The molecular formula is C14H13NOS2. The number of amides is 1. The maximum absolute atomic E-state index is 12.1. The lowest BCUT2D eigenvalue weighted by Gasteiger charge is -2.22. The molecule has 3 rings (SSSR count). The molecule has 0 aliphatic carbocycles. The fraction of sp³-hybridized carbons (Fsp3) is 0.214. The highest BCUT2D eigenvalue weighted by atomic mass is 32.2. The first kappa shape index (κ1) is 11.8. The van der Waals surface area contributed by atoms with Crippen molar-refractivity contribution in [2.24, 2.45) is 0 Å². The van der Waals surface area contributed by atoms with Gasteiger partial charge in [0.15, 0.2) is 0 Å². The highest BCUT2D eigenvalue weighted by Gasteiger charge is 2.27. The minimum absolute atomic E-state index is 0.0366. The number of rotatable bonds is 2. The fourth-order valence-corrected chi connectivity index (χ4v) is 4.53. The van der Waals surface area contributed by atoms with Gasteiger partial charge in [-0.15, -0.1) is 11.3 Å². The third-order valence-corrected chi connectivity index (χ3v) is 5.60. The minimum Gasteiger partial charge on any atom is -0.336 e. The third-order valence-electron chi connectivity index (χ3n) is 2.93. The van der Waals surface area contributed by atoms with Gasteiger partial charge in [0.2, 0.25) is 0 Å². The van der Waals surface area contributed by atoms with Crippen molar-refractivity contribution < 1.29 is 4.79 Å². The van der Waals surface area contributed by atoms with Crippen LogP contribution >= 0.6 is 23.1 Å². The Morgan fingerprint density at radius 3 is 2.78 bits per heavy atom. The van der Waals surface area contributed by atoms with Crippen LogP contribution in [0, 0.1) is 0 Å². The molecule has 0 spiro atoms. The monoisotopic (exact) mass is 275 g/mol. The van der Waals surface area contributed by atoms with Gasteiger partial charge in [-0.3, -0.25) is 4.79 Å². The van der Waals surface area contributed by atoms with Gasteiger partial charge in [-0.2, -0.15) is 0 Å². The Kier molecular flexibility index (Phi) is 3.14. The molecule has 0 radical (unpaired) electrons. The molecule has 1 aromatic heterocycles. The topological polar surface area (TPSA) is 29.1 Å². The van der Waals surface area contributed by atoms with E-state index < -0.39 is 0 Å². The summed E-state index contributed by atoms with van der Waals surface area (Å²) in [6.45, 7) is 2.12. The average Bonchev–Trinajstić information content (AvgIpc) is 2.83. The maximum Gasteiger partial charge on any atom is 0.254 e. The van der Waals surface area contributed by atoms with E-state index in [4.69, 9.17) is 0 Å². The fourth-order valence-electron chi connectivity index (χ4n) is 1.96. The smallest absolute Gasteiger partial charge is 0.254 e. The van der Waals surface area contributed by atoms with Gasteiger partial charge in [0.1, 0.15) is 5.37 Å². The molecule has 2 heterocycles. The van der Waals surface area contributed by atoms with Crippen LogP contribution in [0.25, 0.3) is 0 Å². The van der Waals surface area contributed by atoms with Crippen LogP contribution in [0.4, 0.5) is 0 Å². The lowest BCUT2D eigenvalue weighted by atomic mass is 10.2. The Balaban J connectivity index is 1.94. The summed E-state index contributed by atoms with van der Waals surface area (Å²) in [5.41, 5.74) is 1.99. The number of fused-ring (bicyclic) bond motifs is 1. The molecule has 18 heavy (non-hydrogen) atoms. The Morgan fingerprint density at radius 1 is 1.28 bits per heavy atom. The van der Waals surface area contributed by atoms with Crippen LogP contribution < -0.4 is 5.32 Å². The first-order chi connectivity index (χ1) is 8.78. The molecule has 1 atom stereocenters. The number of thioether (sulfide) groups is 1. The van der Waals surface area contributed by atoms with Crippen molar-refractivity contribution in [3.8, 4) is 0 Å². The quantitative estimate of drug-likeness (QED) is 0.902. The molecule has 92 valence electrons. The SMILES string of the molecule is CCc1cc2c(s1)S[C@@H](c1ccccc1)NC2=O. The third kappa shape index (κ3) is 2.06. The molecule has 1 aromatic carbocycles. The van der Waals surface area contributed by atoms with Gasteiger partial charge in [0, 0.05) is 4.88 Å². The van der Waals surface area contributed by atoms with Crippen molar-refractivity contribution in [1.29, 1.82) is 0 Å². The van der Waals surface area contributed by atoms with Gasteiger partial charge in [-0.25, -0.2) is 0 Å². The summed E-state index contributed by atoms with van der Waals surface area (Å²) < 4.78 is 1.14. The number of carbonyl (C=O) groups excluding carboxylic acids is 1. The molecule has 0 bridgehead atoms. The molecule has 1 aliphatic rings. The van der Waals surface area contributed by atoms with Gasteiger partial charge in [-0.05, 0) is 18.1 Å². The van der Waals surface area contributed by atoms with Gasteiger partial charge < -0.3 is 5.32 Å². The second kappa shape index (κ2) is 4.78. The second-order valence-electron chi connectivity index (χ2n) is 4.15. The zero-order valence-electron chi connectivity index (χ0n) is 9.97. The van der Waals surface area contributed by atoms with Crippen LogP contribution in [0.15, 0.2) is 40.6 Å². The highest BCUT2D eigenvalue weighted by molar-refractivity contribution is 8.01. The van der Waals surface area contributed by atoms with Crippen LogP contribution in [0.3, 0.4) is 0 Å². The number of nitrogens with one attached hydrogen (secondary N) is 1. The van der Waals surface area contributed by atoms with Gasteiger partial charge >= 0.3 is 0 Å². The predicted octanol–water partition coefficient (Wildman–Crippen LogP) is 3.84. The molecule has 1 amide bonds. The number of carbonyl (C=O) groups is 1. The Hall–Kier alpha value is -1.26. The van der Waals surface area contributed by atoms with Crippen molar-refractivity contribution in [2.75, 3.05) is 0 Å². The van der Waals surface area contributed by atoms with Crippen molar-refractivity contribution in [3.05, 3.63) is 52.4 Å². The molecule has 0 unspecified atom stereocenters. The van der Waals surface area contributed by atoms with Gasteiger partial charge in [-0.1, -0.05) is 49.0 Å². The number of benzene rings is 1. The van der Waals surface area contributed by atoms with E-state index >= 15 is 0 Å². The average molecular weight is 275 g/mol. The normalized spacial score (nSPS) is 18.3. The molecular weight excluding hydrogens is 262 g/mol. The summed E-state index contributed by atoms with van der Waals surface area (Å²) in [4.78, 5) is 13.4. The summed E-state index contributed by atoms with van der Waals surface area (Å²) in [5.74, 6) is 0.0496. The van der Waals surface area contributed by atoms with E-state index in [0.717, 1.165) is 21.8 Å². The molecule has 0 saturated carbocycles. The first-order valence-corrected chi connectivity index (χ1v) is 7.62. The van der Waals surface area contributed by atoms with Gasteiger partial charge in [0.25, 0.3) is 5.91 Å². The van der Waals surface area contributed by atoms with Crippen LogP contribution in [-0.4, -0.2) is 5.91 Å². The molecule has 2 nitrogen and oxygen atoms in total. The summed E-state index contributed by atoms with van der Waals surface area (Å²) >= 11 is 3.48. The van der Waals surface area contributed by atoms with Crippen molar-refractivity contribution in [3.63, 3.8) is 0 Å². The Labute approximate surface area is 114 Å². The van der Waals surface area contributed by atoms with Crippen LogP contribution in [0.1, 0.15) is 33.1 Å². The lowest BCUT2D eigenvalue weighted by Crippen LogP contribution is -2.29. The van der Waals surface area contributed by atoms with Crippen molar-refractivity contribution >= 4 is 29.0 Å². The maximum atomic E-state index is 12.1. The van der Waals surface area contributed by atoms with E-state index in [1.807, 2.05) is 24.3 Å². The molecule has 0 saturated heterocycles. The van der Waals surface area contributed by atoms with E-state index in [-0.39, 0.29) is 11.3 Å². The summed E-state index contributed by atoms with van der Waals surface area (Å²) in [6, 6.07) is 12.1. The first-order valence-electron chi connectivity index (χ1n) is 5.93. The van der Waals surface area contributed by atoms with Crippen molar-refractivity contribution in [2.45, 2.75) is 22.9 Å². The largest absolute Gasteiger partial charge is 0.336 e. The molecule has 0 fully saturated rings. The molecule has 2 aromatic rings. The summed E-state index contributed by atoms with van der Waals surface area (Å²) in [5, 5.41) is 3.09. The second-order valence-corrected chi connectivity index (χ2v) is 6.66. The highest BCUT2D eigenvalue weighted by Crippen LogP contribution is 2.43. The van der Waals surface area contributed by atoms with Crippen molar-refractivity contribution in [1.82, 2.24) is 5.32 Å².